The van der Waals surface area contributed by atoms with E-state index in [2.05, 4.69) is 5.32 Å². The lowest BCUT2D eigenvalue weighted by Crippen LogP contribution is -2.48. The molecule has 180 valence electrons. The van der Waals surface area contributed by atoms with Crippen LogP contribution < -0.4 is 5.32 Å². The quantitative estimate of drug-likeness (QED) is 0.359. The maximum Gasteiger partial charge on any atom is 0.338 e. The number of hydrogen-bond donors (Lipinski definition) is 1. The van der Waals surface area contributed by atoms with Gasteiger partial charge < -0.3 is 19.5 Å². The molecule has 1 aliphatic rings. The Morgan fingerprint density at radius 2 is 1.44 bits per heavy atom. The first-order valence-electron chi connectivity index (χ1n) is 11.4. The Kier molecular flexibility index (Phi) is 8.04. The average Bonchev–Trinajstić information content (AvgIpc) is 2.84. The molecule has 0 bridgehead atoms. The van der Waals surface area contributed by atoms with Crippen molar-refractivity contribution in [3.05, 3.63) is 65.2 Å². The second-order valence-corrected chi connectivity index (χ2v) is 7.94. The molecule has 8 nitrogen and oxygen atoms in total. The summed E-state index contributed by atoms with van der Waals surface area (Å²) in [7, 11) is 0. The van der Waals surface area contributed by atoms with Gasteiger partial charge in [-0.05, 0) is 69.0 Å². The molecular formula is C26H29NO7. The van der Waals surface area contributed by atoms with Crippen LogP contribution in [0.1, 0.15) is 54.6 Å². The van der Waals surface area contributed by atoms with Crippen LogP contribution >= 0.6 is 0 Å². The van der Waals surface area contributed by atoms with E-state index >= 15 is 0 Å². The second kappa shape index (κ2) is 11.0. The third kappa shape index (κ3) is 5.11. The molecule has 0 spiro atoms. The van der Waals surface area contributed by atoms with Crippen molar-refractivity contribution < 1.29 is 33.4 Å². The van der Waals surface area contributed by atoms with Crippen LogP contribution in [0.25, 0.3) is 0 Å². The number of anilines is 1. The number of carbonyl (C=O) groups excluding carboxylic acids is 4. The van der Waals surface area contributed by atoms with Crippen LogP contribution in [0.2, 0.25) is 0 Å². The Bertz CT molecular complexity index is 1040. The van der Waals surface area contributed by atoms with Crippen LogP contribution in [-0.2, 0) is 35.0 Å². The lowest BCUT2D eigenvalue weighted by molar-refractivity contribution is -0.173. The Hall–Kier alpha value is -3.68. The third-order valence-electron chi connectivity index (χ3n) is 5.79. The highest BCUT2D eigenvalue weighted by Gasteiger charge is 2.54. The predicted molar refractivity (Wildman–Crippen MR) is 124 cm³/mol. The molecule has 3 rings (SSSR count). The van der Waals surface area contributed by atoms with E-state index in [4.69, 9.17) is 14.2 Å². The molecule has 0 saturated carbocycles. The lowest BCUT2D eigenvalue weighted by Gasteiger charge is -2.37. The van der Waals surface area contributed by atoms with Crippen LogP contribution in [0, 0.1) is 5.41 Å². The lowest BCUT2D eigenvalue weighted by atomic mass is 9.66. The van der Waals surface area contributed by atoms with Gasteiger partial charge >= 0.3 is 17.9 Å². The SMILES string of the molecule is CCOC(=O)c1ccc(NC(=O)C2CC(C(=O)OCC)(C(=O)OCC)Cc3ccccc32)cc1. The van der Waals surface area contributed by atoms with E-state index in [1.807, 2.05) is 12.1 Å². The zero-order valence-electron chi connectivity index (χ0n) is 19.6. The highest BCUT2D eigenvalue weighted by Crippen LogP contribution is 2.45. The molecule has 0 aromatic heterocycles. The minimum Gasteiger partial charge on any atom is -0.465 e. The molecule has 1 atom stereocenters. The van der Waals surface area contributed by atoms with Crippen molar-refractivity contribution in [2.45, 2.75) is 39.5 Å². The Morgan fingerprint density at radius 3 is 2.03 bits per heavy atom. The third-order valence-corrected chi connectivity index (χ3v) is 5.79. The summed E-state index contributed by atoms with van der Waals surface area (Å²) in [5, 5.41) is 2.84. The molecule has 0 aliphatic heterocycles. The monoisotopic (exact) mass is 467 g/mol. The number of rotatable bonds is 8. The second-order valence-electron chi connectivity index (χ2n) is 7.94. The van der Waals surface area contributed by atoms with Crippen molar-refractivity contribution in [1.82, 2.24) is 0 Å². The van der Waals surface area contributed by atoms with E-state index in [0.29, 0.717) is 16.8 Å². The largest absolute Gasteiger partial charge is 0.465 e. The van der Waals surface area contributed by atoms with Gasteiger partial charge in [0, 0.05) is 5.69 Å². The molecule has 2 aromatic rings. The minimum atomic E-state index is -1.61. The van der Waals surface area contributed by atoms with E-state index in [9.17, 15) is 19.2 Å². The maximum absolute atomic E-state index is 13.4. The predicted octanol–water partition coefficient (Wildman–Crippen LogP) is 3.64. The summed E-state index contributed by atoms with van der Waals surface area (Å²) >= 11 is 0. The Balaban J connectivity index is 1.92. The summed E-state index contributed by atoms with van der Waals surface area (Å²) in [4.78, 5) is 51.3. The van der Waals surface area contributed by atoms with E-state index in [0.717, 1.165) is 5.56 Å². The maximum atomic E-state index is 13.4. The van der Waals surface area contributed by atoms with Gasteiger partial charge in [0.15, 0.2) is 5.41 Å². The van der Waals surface area contributed by atoms with E-state index < -0.39 is 29.2 Å². The Morgan fingerprint density at radius 1 is 0.853 bits per heavy atom. The molecule has 34 heavy (non-hydrogen) atoms. The van der Waals surface area contributed by atoms with Gasteiger partial charge in [-0.2, -0.15) is 0 Å². The van der Waals surface area contributed by atoms with Crippen molar-refractivity contribution in [3.8, 4) is 0 Å². The summed E-state index contributed by atoms with van der Waals surface area (Å²) in [5.41, 5.74) is 0.682. The number of ether oxygens (including phenoxy) is 3. The summed E-state index contributed by atoms with van der Waals surface area (Å²) in [6, 6.07) is 13.6. The summed E-state index contributed by atoms with van der Waals surface area (Å²) in [6.45, 7) is 5.52. The number of nitrogens with one attached hydrogen (secondary N) is 1. The first kappa shape index (κ1) is 25.0. The number of esters is 3. The molecule has 1 aliphatic carbocycles. The topological polar surface area (TPSA) is 108 Å². The molecule has 0 radical (unpaired) electrons. The fourth-order valence-electron chi connectivity index (χ4n) is 4.19. The number of fused-ring (bicyclic) bond motifs is 1. The smallest absolute Gasteiger partial charge is 0.338 e. The van der Waals surface area contributed by atoms with Gasteiger partial charge in [-0.15, -0.1) is 0 Å². The van der Waals surface area contributed by atoms with Crippen LogP contribution in [0.15, 0.2) is 48.5 Å². The number of carbonyl (C=O) groups is 4. The highest BCUT2D eigenvalue weighted by atomic mass is 16.6. The summed E-state index contributed by atoms with van der Waals surface area (Å²) in [6.07, 6.45) is 0.0211. The van der Waals surface area contributed by atoms with Gasteiger partial charge in [-0.25, -0.2) is 4.79 Å². The van der Waals surface area contributed by atoms with Crippen molar-refractivity contribution in [1.29, 1.82) is 0 Å². The number of amides is 1. The zero-order valence-corrected chi connectivity index (χ0v) is 19.6. The molecule has 1 N–H and O–H groups in total. The molecule has 0 saturated heterocycles. The van der Waals surface area contributed by atoms with Gasteiger partial charge in [-0.1, -0.05) is 24.3 Å². The molecule has 2 aromatic carbocycles. The number of hydrogen-bond acceptors (Lipinski definition) is 7. The van der Waals surface area contributed by atoms with Gasteiger partial charge in [0.25, 0.3) is 0 Å². The van der Waals surface area contributed by atoms with Crippen molar-refractivity contribution in [2.24, 2.45) is 5.41 Å². The molecular weight excluding hydrogens is 438 g/mol. The standard InChI is InChI=1S/C26H29NO7/c1-4-32-23(29)17-11-13-19(14-12-17)27-22(28)21-16-26(24(30)33-5-2,25(31)34-6-3)15-18-9-7-8-10-20(18)21/h7-14,21H,4-6,15-16H2,1-3H3,(H,27,28). The number of benzene rings is 2. The van der Waals surface area contributed by atoms with E-state index in [-0.39, 0.29) is 38.6 Å². The summed E-state index contributed by atoms with van der Waals surface area (Å²) < 4.78 is 15.5. The summed E-state index contributed by atoms with van der Waals surface area (Å²) in [5.74, 6) is -3.01. The van der Waals surface area contributed by atoms with Gasteiger partial charge in [0.2, 0.25) is 5.91 Å². The average molecular weight is 468 g/mol. The van der Waals surface area contributed by atoms with E-state index in [1.165, 1.54) is 0 Å². The van der Waals surface area contributed by atoms with Crippen molar-refractivity contribution in [3.63, 3.8) is 0 Å². The van der Waals surface area contributed by atoms with Gasteiger partial charge in [0.05, 0.1) is 31.3 Å². The zero-order chi connectivity index (χ0) is 24.7. The van der Waals surface area contributed by atoms with Crippen molar-refractivity contribution >= 4 is 29.5 Å². The molecule has 0 heterocycles. The molecule has 1 unspecified atom stereocenters. The van der Waals surface area contributed by atoms with E-state index in [1.54, 1.807) is 57.2 Å². The van der Waals surface area contributed by atoms with Gasteiger partial charge in [0.1, 0.15) is 0 Å². The Labute approximate surface area is 198 Å². The fraction of sp³-hybridized carbons (Fsp3) is 0.385. The molecule has 8 heteroatoms. The highest BCUT2D eigenvalue weighted by molar-refractivity contribution is 6.04. The minimum absolute atomic E-state index is 0.0750. The van der Waals surface area contributed by atoms with Crippen molar-refractivity contribution in [2.75, 3.05) is 25.1 Å². The fourth-order valence-corrected chi connectivity index (χ4v) is 4.19. The molecule has 1 amide bonds. The first-order chi connectivity index (χ1) is 16.4. The normalized spacial score (nSPS) is 16.0. The van der Waals surface area contributed by atoms with Gasteiger partial charge in [-0.3, -0.25) is 14.4 Å². The van der Waals surface area contributed by atoms with Crippen LogP contribution in [0.4, 0.5) is 5.69 Å². The van der Waals surface area contributed by atoms with Crippen LogP contribution in [0.5, 0.6) is 0 Å². The van der Waals surface area contributed by atoms with Crippen LogP contribution in [-0.4, -0.2) is 43.6 Å². The first-order valence-corrected chi connectivity index (χ1v) is 11.4. The molecule has 0 fully saturated rings. The van der Waals surface area contributed by atoms with Crippen LogP contribution in [0.3, 0.4) is 0 Å².